The first kappa shape index (κ1) is 36.3. The van der Waals surface area contributed by atoms with Crippen LogP contribution < -0.4 is 0 Å². The highest BCUT2D eigenvalue weighted by Crippen LogP contribution is 2.46. The van der Waals surface area contributed by atoms with Crippen molar-refractivity contribution in [3.63, 3.8) is 0 Å². The van der Waals surface area contributed by atoms with E-state index in [1.165, 1.54) is 57.8 Å². The summed E-state index contributed by atoms with van der Waals surface area (Å²) in [6.45, 7) is 27.7. The molecule has 0 saturated carbocycles. The monoisotopic (exact) mass is 556 g/mol. The van der Waals surface area contributed by atoms with Gasteiger partial charge < -0.3 is 17.8 Å². The molecule has 0 rings (SSSR count). The zero-order valence-electron chi connectivity index (χ0n) is 24.5. The van der Waals surface area contributed by atoms with E-state index in [1.807, 2.05) is 0 Å². The number of hydrogen-bond donors (Lipinski definition) is 0. The van der Waals surface area contributed by atoms with Crippen molar-refractivity contribution in [2.24, 2.45) is 5.92 Å². The molecule has 0 heterocycles. The van der Waals surface area contributed by atoms with Gasteiger partial charge in [0.15, 0.2) is 25.0 Å². The smallest absolute Gasteiger partial charge is 0.417 e. The van der Waals surface area contributed by atoms with Crippen molar-refractivity contribution in [1.82, 2.24) is 0 Å². The molecule has 0 saturated heterocycles. The molecule has 2 N–H and O–H groups in total. The highest BCUT2D eigenvalue weighted by atomic mass is 31.0. The van der Waals surface area contributed by atoms with E-state index in [4.69, 9.17) is 12.3 Å². The summed E-state index contributed by atoms with van der Waals surface area (Å²) in [5.41, 5.74) is 0. The first-order valence-corrected chi connectivity index (χ1v) is 26.0. The normalized spacial score (nSPS) is 14.8. The lowest BCUT2D eigenvalue weighted by atomic mass is 9.81. The van der Waals surface area contributed by atoms with Gasteiger partial charge in [-0.25, -0.2) is 0 Å². The van der Waals surface area contributed by atoms with Gasteiger partial charge in [-0.1, -0.05) is 59.3 Å². The minimum Gasteiger partial charge on any atom is -0.417 e. The summed E-state index contributed by atoms with van der Waals surface area (Å²) in [6, 6.07) is 0.989. The summed E-state index contributed by atoms with van der Waals surface area (Å²) < 4.78 is 21.3. The Morgan fingerprint density at radius 2 is 0.970 bits per heavy atom. The van der Waals surface area contributed by atoms with E-state index in [0.717, 1.165) is 6.04 Å². The molecule has 0 spiro atoms. The van der Waals surface area contributed by atoms with Crippen LogP contribution in [-0.4, -0.2) is 44.4 Å². The summed E-state index contributed by atoms with van der Waals surface area (Å²) in [7, 11) is -5.01. The fourth-order valence-corrected chi connectivity index (χ4v) is 20.4. The molecule has 0 fully saturated rings. The SMILES string of the molecule is CCCCC(C[Si](O[Si](C)(C)C)(O[Si](C)(C)C)O[Si](C)(C)C)C(P)(CCCC)CCCC.O. The Morgan fingerprint density at radius 3 is 1.24 bits per heavy atom. The molecule has 0 aliphatic heterocycles. The van der Waals surface area contributed by atoms with Crippen LogP contribution in [0.1, 0.15) is 78.6 Å². The molecule has 2 unspecified atom stereocenters. The van der Waals surface area contributed by atoms with E-state index in [-0.39, 0.29) is 10.6 Å². The van der Waals surface area contributed by atoms with Crippen molar-refractivity contribution in [3.05, 3.63) is 0 Å². The Kier molecular flexibility index (Phi) is 16.9. The van der Waals surface area contributed by atoms with Crippen LogP contribution in [0.5, 0.6) is 0 Å². The minimum atomic E-state index is -2.83. The van der Waals surface area contributed by atoms with Gasteiger partial charge in [0.2, 0.25) is 0 Å². The second kappa shape index (κ2) is 15.4. The van der Waals surface area contributed by atoms with Crippen molar-refractivity contribution in [1.29, 1.82) is 0 Å². The van der Waals surface area contributed by atoms with Gasteiger partial charge in [-0.15, -0.1) is 9.24 Å². The van der Waals surface area contributed by atoms with Crippen LogP contribution in [0.4, 0.5) is 0 Å². The zero-order chi connectivity index (χ0) is 25.3. The van der Waals surface area contributed by atoms with Crippen LogP contribution in [0.15, 0.2) is 0 Å². The Balaban J connectivity index is 0. The molecule has 0 aliphatic carbocycles. The number of hydrogen-bond acceptors (Lipinski definition) is 3. The molecule has 0 radical (unpaired) electrons. The van der Waals surface area contributed by atoms with E-state index in [2.05, 4.69) is 88.9 Å². The first-order valence-electron chi connectivity index (χ1n) is 13.3. The lowest BCUT2D eigenvalue weighted by Crippen LogP contribution is -2.62. The number of rotatable bonds is 18. The van der Waals surface area contributed by atoms with E-state index >= 15 is 0 Å². The van der Waals surface area contributed by atoms with Crippen molar-refractivity contribution in [2.75, 3.05) is 0 Å². The van der Waals surface area contributed by atoms with Crippen LogP contribution in [-0.2, 0) is 12.3 Å². The van der Waals surface area contributed by atoms with E-state index in [9.17, 15) is 0 Å². The van der Waals surface area contributed by atoms with Crippen LogP contribution in [0.2, 0.25) is 65.0 Å². The molecule has 0 aromatic heterocycles. The van der Waals surface area contributed by atoms with Crippen LogP contribution >= 0.6 is 9.24 Å². The molecule has 0 amide bonds. The molecule has 4 nitrogen and oxygen atoms in total. The summed E-state index contributed by atoms with van der Waals surface area (Å²) in [6.07, 6.45) is 11.4. The predicted molar refractivity (Wildman–Crippen MR) is 162 cm³/mol. The van der Waals surface area contributed by atoms with Gasteiger partial charge >= 0.3 is 8.80 Å². The van der Waals surface area contributed by atoms with Gasteiger partial charge in [0, 0.05) is 6.04 Å². The molecule has 33 heavy (non-hydrogen) atoms. The molecule has 9 heteroatoms. The highest BCUT2D eigenvalue weighted by Gasteiger charge is 2.53. The van der Waals surface area contributed by atoms with Gasteiger partial charge in [0.25, 0.3) is 0 Å². The minimum absolute atomic E-state index is 0. The Hall–Kier alpha value is 1.14. The summed E-state index contributed by atoms with van der Waals surface area (Å²) in [5, 5.41) is 0.258. The Labute approximate surface area is 215 Å². The van der Waals surface area contributed by atoms with Gasteiger partial charge in [-0.3, -0.25) is 0 Å². The quantitative estimate of drug-likeness (QED) is 0.126. The molecule has 0 aliphatic rings. The lowest BCUT2D eigenvalue weighted by Gasteiger charge is -2.47. The molecule has 2 atom stereocenters. The standard InChI is InChI=1S/C24H59O3PSi4.H2O/c1-13-16-19-23(24(28,20-17-14-2)21-18-15-3)22-32(25-29(4,5)6,26-30(7,8)9)27-31(10,11)12;/h23H,13-22,28H2,1-12H3;1H2. The van der Waals surface area contributed by atoms with Crippen LogP contribution in [0.3, 0.4) is 0 Å². The average Bonchev–Trinajstić information content (AvgIpc) is 2.57. The van der Waals surface area contributed by atoms with Gasteiger partial charge in [0.1, 0.15) is 0 Å². The van der Waals surface area contributed by atoms with Crippen molar-refractivity contribution >= 4 is 43.0 Å². The fourth-order valence-electron chi connectivity index (χ4n) is 4.48. The van der Waals surface area contributed by atoms with E-state index in [0.29, 0.717) is 5.92 Å². The summed E-state index contributed by atoms with van der Waals surface area (Å²) >= 11 is 0. The average molecular weight is 557 g/mol. The van der Waals surface area contributed by atoms with E-state index in [1.54, 1.807) is 0 Å². The van der Waals surface area contributed by atoms with Gasteiger partial charge in [0.05, 0.1) is 0 Å². The molecule has 0 aromatic rings. The summed E-state index contributed by atoms with van der Waals surface area (Å²) in [4.78, 5) is 0. The maximum Gasteiger partial charge on any atom is 0.469 e. The zero-order valence-corrected chi connectivity index (χ0v) is 29.6. The summed E-state index contributed by atoms with van der Waals surface area (Å²) in [5.74, 6) is 0.571. The van der Waals surface area contributed by atoms with Gasteiger partial charge in [-0.05, 0) is 89.3 Å². The third-order valence-corrected chi connectivity index (χ3v) is 18.7. The van der Waals surface area contributed by atoms with Gasteiger partial charge in [-0.2, -0.15) is 0 Å². The second-order valence-electron chi connectivity index (χ2n) is 12.8. The highest BCUT2D eigenvalue weighted by molar-refractivity contribution is 7.19. The van der Waals surface area contributed by atoms with E-state index < -0.39 is 33.8 Å². The third kappa shape index (κ3) is 16.5. The Morgan fingerprint density at radius 1 is 0.636 bits per heavy atom. The maximum atomic E-state index is 7.09. The van der Waals surface area contributed by atoms with Crippen molar-refractivity contribution in [2.45, 2.75) is 149 Å². The second-order valence-corrected chi connectivity index (χ2v) is 30.9. The molecule has 0 bridgehead atoms. The Bertz CT molecular complexity index is 467. The largest absolute Gasteiger partial charge is 0.469 e. The molecule has 202 valence electrons. The molecular formula is C24H61O4PSi4. The first-order chi connectivity index (χ1) is 14.4. The molecular weight excluding hydrogens is 496 g/mol. The van der Waals surface area contributed by atoms with Crippen LogP contribution in [0, 0.1) is 5.92 Å². The lowest BCUT2D eigenvalue weighted by molar-refractivity contribution is 0.220. The topological polar surface area (TPSA) is 59.2 Å². The molecule has 0 aromatic carbocycles. The van der Waals surface area contributed by atoms with Crippen LogP contribution in [0.25, 0.3) is 0 Å². The van der Waals surface area contributed by atoms with Crippen molar-refractivity contribution < 1.29 is 17.8 Å². The van der Waals surface area contributed by atoms with Crippen molar-refractivity contribution in [3.8, 4) is 0 Å². The maximum absolute atomic E-state index is 7.09. The number of unbranched alkanes of at least 4 members (excludes halogenated alkanes) is 3. The fraction of sp³-hybridized carbons (Fsp3) is 1.00. The predicted octanol–water partition coefficient (Wildman–Crippen LogP) is 8.46. The third-order valence-electron chi connectivity index (χ3n) is 5.59.